The fraction of sp³-hybridized carbons (Fsp3) is 0. The zero-order chi connectivity index (χ0) is 17.1. The third-order valence-electron chi connectivity index (χ3n) is 3.96. The maximum absolute atomic E-state index is 13.1. The van der Waals surface area contributed by atoms with Gasteiger partial charge in [0.15, 0.2) is 5.82 Å². The SMILES string of the molecule is O=c1c(-c2ccccc2)cc(-c2ncccn2)cn1-c1ccccc1. The quantitative estimate of drug-likeness (QED) is 0.573. The van der Waals surface area contributed by atoms with Gasteiger partial charge in [0.1, 0.15) is 0 Å². The largest absolute Gasteiger partial charge is 0.283 e. The highest BCUT2D eigenvalue weighted by Gasteiger charge is 2.12. The summed E-state index contributed by atoms with van der Waals surface area (Å²) in [5.41, 5.74) is 3.02. The van der Waals surface area contributed by atoms with Gasteiger partial charge in [0.05, 0.1) is 0 Å². The molecule has 2 heterocycles. The molecule has 4 heteroatoms. The van der Waals surface area contributed by atoms with Crippen LogP contribution in [0, 0.1) is 0 Å². The van der Waals surface area contributed by atoms with E-state index in [1.54, 1.807) is 29.2 Å². The predicted octanol–water partition coefficient (Wildman–Crippen LogP) is 3.96. The lowest BCUT2D eigenvalue weighted by atomic mass is 10.0. The molecule has 120 valence electrons. The summed E-state index contributed by atoms with van der Waals surface area (Å²) in [5.74, 6) is 0.587. The molecule has 0 unspecified atom stereocenters. The third-order valence-corrected chi connectivity index (χ3v) is 3.96. The summed E-state index contributed by atoms with van der Waals surface area (Å²) in [6.45, 7) is 0. The molecule has 0 bridgehead atoms. The molecule has 0 amide bonds. The highest BCUT2D eigenvalue weighted by atomic mass is 16.1. The molecule has 0 N–H and O–H groups in total. The van der Waals surface area contributed by atoms with Crippen molar-refractivity contribution in [3.8, 4) is 28.2 Å². The molecule has 4 nitrogen and oxygen atoms in total. The average Bonchev–Trinajstić information content (AvgIpc) is 2.70. The predicted molar refractivity (Wildman–Crippen MR) is 98.5 cm³/mol. The molecule has 0 atom stereocenters. The first-order valence-corrected chi connectivity index (χ1v) is 7.98. The molecule has 0 saturated carbocycles. The highest BCUT2D eigenvalue weighted by molar-refractivity contribution is 5.69. The second-order valence-electron chi connectivity index (χ2n) is 5.59. The van der Waals surface area contributed by atoms with Crippen LogP contribution in [0.1, 0.15) is 0 Å². The van der Waals surface area contributed by atoms with Gasteiger partial charge in [0.2, 0.25) is 0 Å². The first-order chi connectivity index (χ1) is 12.3. The molecule has 0 fully saturated rings. The van der Waals surface area contributed by atoms with Crippen molar-refractivity contribution >= 4 is 0 Å². The Bertz CT molecular complexity index is 979. The maximum Gasteiger partial charge on any atom is 0.262 e. The monoisotopic (exact) mass is 325 g/mol. The van der Waals surface area contributed by atoms with Gasteiger partial charge in [-0.05, 0) is 29.8 Å². The van der Waals surface area contributed by atoms with Crippen LogP contribution in [0.5, 0.6) is 0 Å². The second-order valence-corrected chi connectivity index (χ2v) is 5.59. The van der Waals surface area contributed by atoms with Crippen LogP contribution in [0.2, 0.25) is 0 Å². The van der Waals surface area contributed by atoms with Crippen molar-refractivity contribution in [2.24, 2.45) is 0 Å². The van der Waals surface area contributed by atoms with Crippen LogP contribution in [0.3, 0.4) is 0 Å². The number of para-hydroxylation sites is 1. The van der Waals surface area contributed by atoms with E-state index in [9.17, 15) is 4.79 Å². The molecular formula is C21H15N3O. The lowest BCUT2D eigenvalue weighted by Crippen LogP contribution is -2.20. The van der Waals surface area contributed by atoms with E-state index in [2.05, 4.69) is 9.97 Å². The Morgan fingerprint density at radius 1 is 0.720 bits per heavy atom. The lowest BCUT2D eigenvalue weighted by Gasteiger charge is -2.11. The minimum Gasteiger partial charge on any atom is -0.283 e. The summed E-state index contributed by atoms with van der Waals surface area (Å²) in [6.07, 6.45) is 5.18. The van der Waals surface area contributed by atoms with Gasteiger partial charge in [-0.15, -0.1) is 0 Å². The molecule has 4 aromatic rings. The molecule has 25 heavy (non-hydrogen) atoms. The smallest absolute Gasteiger partial charge is 0.262 e. The van der Waals surface area contributed by atoms with Gasteiger partial charge in [-0.25, -0.2) is 9.97 Å². The van der Waals surface area contributed by atoms with Crippen molar-refractivity contribution in [1.29, 1.82) is 0 Å². The first-order valence-electron chi connectivity index (χ1n) is 7.98. The van der Waals surface area contributed by atoms with Gasteiger partial charge in [0, 0.05) is 35.4 Å². The molecular weight excluding hydrogens is 310 g/mol. The number of hydrogen-bond acceptors (Lipinski definition) is 3. The van der Waals surface area contributed by atoms with Crippen LogP contribution in [-0.2, 0) is 0 Å². The van der Waals surface area contributed by atoms with Crippen molar-refractivity contribution in [3.63, 3.8) is 0 Å². The molecule has 0 aliphatic rings. The van der Waals surface area contributed by atoms with Crippen LogP contribution < -0.4 is 5.56 Å². The molecule has 2 aromatic carbocycles. The van der Waals surface area contributed by atoms with Crippen molar-refractivity contribution in [3.05, 3.63) is 102 Å². The van der Waals surface area contributed by atoms with Crippen molar-refractivity contribution in [2.75, 3.05) is 0 Å². The number of pyridine rings is 1. The summed E-state index contributed by atoms with van der Waals surface area (Å²) in [4.78, 5) is 21.7. The van der Waals surface area contributed by atoms with E-state index in [1.165, 1.54) is 0 Å². The Morgan fingerprint density at radius 3 is 2.04 bits per heavy atom. The van der Waals surface area contributed by atoms with Gasteiger partial charge in [-0.2, -0.15) is 0 Å². The van der Waals surface area contributed by atoms with Gasteiger partial charge >= 0.3 is 0 Å². The summed E-state index contributed by atoms with van der Waals surface area (Å²) in [7, 11) is 0. The lowest BCUT2D eigenvalue weighted by molar-refractivity contribution is 0.989. The topological polar surface area (TPSA) is 47.8 Å². The fourth-order valence-corrected chi connectivity index (χ4v) is 2.76. The van der Waals surface area contributed by atoms with E-state index >= 15 is 0 Å². The van der Waals surface area contributed by atoms with Crippen LogP contribution >= 0.6 is 0 Å². The number of hydrogen-bond donors (Lipinski definition) is 0. The summed E-state index contributed by atoms with van der Waals surface area (Å²) < 4.78 is 1.65. The summed E-state index contributed by atoms with van der Waals surface area (Å²) >= 11 is 0. The Morgan fingerprint density at radius 2 is 1.36 bits per heavy atom. The molecule has 0 aliphatic heterocycles. The van der Waals surface area contributed by atoms with E-state index in [0.717, 1.165) is 16.8 Å². The Hall–Kier alpha value is -3.53. The molecule has 0 radical (unpaired) electrons. The zero-order valence-electron chi connectivity index (χ0n) is 13.4. The Kier molecular flexibility index (Phi) is 3.92. The first kappa shape index (κ1) is 15.0. The van der Waals surface area contributed by atoms with Crippen molar-refractivity contribution in [1.82, 2.24) is 14.5 Å². The Labute approximate surface area is 145 Å². The number of benzene rings is 2. The van der Waals surface area contributed by atoms with E-state index in [1.807, 2.05) is 66.7 Å². The normalized spacial score (nSPS) is 10.6. The summed E-state index contributed by atoms with van der Waals surface area (Å²) in [5, 5.41) is 0. The number of aromatic nitrogens is 3. The van der Waals surface area contributed by atoms with Crippen LogP contribution in [0.25, 0.3) is 28.2 Å². The van der Waals surface area contributed by atoms with Gasteiger partial charge in [-0.3, -0.25) is 9.36 Å². The number of rotatable bonds is 3. The van der Waals surface area contributed by atoms with Crippen LogP contribution in [-0.4, -0.2) is 14.5 Å². The van der Waals surface area contributed by atoms with Gasteiger partial charge in [-0.1, -0.05) is 48.5 Å². The van der Waals surface area contributed by atoms with E-state index in [4.69, 9.17) is 0 Å². The molecule has 0 saturated heterocycles. The summed E-state index contributed by atoms with van der Waals surface area (Å²) in [6, 6.07) is 22.8. The van der Waals surface area contributed by atoms with Gasteiger partial charge in [0.25, 0.3) is 5.56 Å². The second kappa shape index (κ2) is 6.53. The van der Waals surface area contributed by atoms with Crippen LogP contribution in [0.15, 0.2) is 96.2 Å². The fourth-order valence-electron chi connectivity index (χ4n) is 2.76. The highest BCUT2D eigenvalue weighted by Crippen LogP contribution is 2.22. The Balaban J connectivity index is 2.00. The van der Waals surface area contributed by atoms with Crippen LogP contribution in [0.4, 0.5) is 0 Å². The van der Waals surface area contributed by atoms with E-state index < -0.39 is 0 Å². The molecule has 4 rings (SSSR count). The third kappa shape index (κ3) is 2.97. The van der Waals surface area contributed by atoms with E-state index in [-0.39, 0.29) is 5.56 Å². The standard InChI is InChI=1S/C21H15N3O/c25-21-19(16-8-3-1-4-9-16)14-17(20-22-12-7-13-23-20)15-24(21)18-10-5-2-6-11-18/h1-15H. The zero-order valence-corrected chi connectivity index (χ0v) is 13.4. The maximum atomic E-state index is 13.1. The van der Waals surface area contributed by atoms with Crippen molar-refractivity contribution < 1.29 is 0 Å². The molecule has 2 aromatic heterocycles. The van der Waals surface area contributed by atoms with Gasteiger partial charge < -0.3 is 0 Å². The number of nitrogens with zero attached hydrogens (tertiary/aromatic N) is 3. The molecule has 0 aliphatic carbocycles. The minimum absolute atomic E-state index is 0.0721. The minimum atomic E-state index is -0.0721. The van der Waals surface area contributed by atoms with E-state index in [0.29, 0.717) is 11.4 Å². The average molecular weight is 325 g/mol. The molecule has 0 spiro atoms. The van der Waals surface area contributed by atoms with Crippen molar-refractivity contribution in [2.45, 2.75) is 0 Å².